The molecule has 0 unspecified atom stereocenters. The quantitative estimate of drug-likeness (QED) is 0.801. The Labute approximate surface area is 147 Å². The second-order valence-electron chi connectivity index (χ2n) is 6.09. The van der Waals surface area contributed by atoms with E-state index in [1.807, 2.05) is 19.9 Å². The van der Waals surface area contributed by atoms with Gasteiger partial charge in [0.2, 0.25) is 15.9 Å². The lowest BCUT2D eigenvalue weighted by molar-refractivity contribution is -0.138. The maximum Gasteiger partial charge on any atom is 0.244 e. The summed E-state index contributed by atoms with van der Waals surface area (Å²) in [4.78, 5) is 14.7. The van der Waals surface area contributed by atoms with Gasteiger partial charge in [0.05, 0.1) is 24.0 Å². The fraction of sp³-hybridized carbons (Fsp3) is 0.562. The van der Waals surface area contributed by atoms with Crippen molar-refractivity contribution in [2.45, 2.75) is 24.8 Å². The first-order chi connectivity index (χ1) is 11.4. The summed E-state index contributed by atoms with van der Waals surface area (Å²) >= 11 is 1.48. The Morgan fingerprint density at radius 3 is 2.58 bits per heavy atom. The van der Waals surface area contributed by atoms with E-state index in [4.69, 9.17) is 4.74 Å². The van der Waals surface area contributed by atoms with Gasteiger partial charge < -0.3 is 9.64 Å². The third kappa shape index (κ3) is 3.33. The number of nitrogens with zero attached hydrogens (tertiary/aromatic N) is 2. The first kappa shape index (κ1) is 17.7. The molecule has 3 rings (SSSR count). The van der Waals surface area contributed by atoms with Gasteiger partial charge in [-0.25, -0.2) is 8.42 Å². The molecule has 2 aliphatic heterocycles. The molecule has 2 aliphatic rings. The van der Waals surface area contributed by atoms with Crippen LogP contribution in [0, 0.1) is 13.8 Å². The van der Waals surface area contributed by atoms with Gasteiger partial charge in [0.15, 0.2) is 0 Å². The van der Waals surface area contributed by atoms with Gasteiger partial charge in [-0.1, -0.05) is 6.07 Å². The molecule has 2 heterocycles. The molecule has 1 aromatic rings. The normalized spacial score (nSPS) is 22.8. The second kappa shape index (κ2) is 7.03. The highest BCUT2D eigenvalue weighted by Gasteiger charge is 2.41. The van der Waals surface area contributed by atoms with E-state index in [0.29, 0.717) is 37.9 Å². The molecular weight excluding hydrogens is 348 g/mol. The molecule has 2 saturated heterocycles. The lowest BCUT2D eigenvalue weighted by Crippen LogP contribution is -2.51. The molecule has 1 aromatic carbocycles. The van der Waals surface area contributed by atoms with E-state index >= 15 is 0 Å². The number of amides is 1. The van der Waals surface area contributed by atoms with Crippen LogP contribution in [-0.2, 0) is 19.6 Å². The van der Waals surface area contributed by atoms with Crippen LogP contribution in [0.1, 0.15) is 11.1 Å². The summed E-state index contributed by atoms with van der Waals surface area (Å²) in [6.07, 6.45) is 0. The molecule has 132 valence electrons. The van der Waals surface area contributed by atoms with Crippen molar-refractivity contribution < 1.29 is 17.9 Å². The SMILES string of the molecule is Cc1ccc(S(=O)(=O)N2CSC[C@@H]2C(=O)N2CCOCC2)cc1C. The molecule has 0 radical (unpaired) electrons. The molecule has 0 bridgehead atoms. The number of thioether (sulfide) groups is 1. The monoisotopic (exact) mass is 370 g/mol. The minimum atomic E-state index is -3.68. The highest BCUT2D eigenvalue weighted by atomic mass is 32.2. The summed E-state index contributed by atoms with van der Waals surface area (Å²) in [5.74, 6) is 0.701. The summed E-state index contributed by atoms with van der Waals surface area (Å²) < 4.78 is 32.6. The molecule has 0 saturated carbocycles. The molecule has 0 N–H and O–H groups in total. The zero-order valence-electron chi connectivity index (χ0n) is 13.9. The number of carbonyl (C=O) groups excluding carboxylic acids is 1. The molecule has 2 fully saturated rings. The molecule has 6 nitrogen and oxygen atoms in total. The highest BCUT2D eigenvalue weighted by molar-refractivity contribution is 8.00. The van der Waals surface area contributed by atoms with Gasteiger partial charge in [-0.05, 0) is 37.1 Å². The maximum absolute atomic E-state index is 13.0. The number of rotatable bonds is 3. The lowest BCUT2D eigenvalue weighted by Gasteiger charge is -2.31. The summed E-state index contributed by atoms with van der Waals surface area (Å²) in [7, 11) is -3.68. The predicted molar refractivity (Wildman–Crippen MR) is 93.5 cm³/mol. The summed E-state index contributed by atoms with van der Waals surface area (Å²) in [5, 5.41) is 0. The molecule has 1 atom stereocenters. The molecule has 24 heavy (non-hydrogen) atoms. The number of ether oxygens (including phenoxy) is 1. The lowest BCUT2D eigenvalue weighted by atomic mass is 10.1. The highest BCUT2D eigenvalue weighted by Crippen LogP contribution is 2.30. The third-order valence-corrected chi connectivity index (χ3v) is 7.56. The van der Waals surface area contributed by atoms with Crippen molar-refractivity contribution in [2.24, 2.45) is 0 Å². The Morgan fingerprint density at radius 1 is 1.21 bits per heavy atom. The largest absolute Gasteiger partial charge is 0.378 e. The van der Waals surface area contributed by atoms with Gasteiger partial charge >= 0.3 is 0 Å². The summed E-state index contributed by atoms with van der Waals surface area (Å²) in [5.41, 5.74) is 1.98. The molecule has 8 heteroatoms. The van der Waals surface area contributed by atoms with Crippen molar-refractivity contribution in [3.63, 3.8) is 0 Å². The van der Waals surface area contributed by atoms with Crippen LogP contribution in [0.4, 0.5) is 0 Å². The van der Waals surface area contributed by atoms with E-state index in [2.05, 4.69) is 0 Å². The van der Waals surface area contributed by atoms with Crippen LogP contribution in [0.15, 0.2) is 23.1 Å². The number of morpholine rings is 1. The molecule has 0 aromatic heterocycles. The van der Waals surface area contributed by atoms with Gasteiger partial charge in [-0.2, -0.15) is 4.31 Å². The number of sulfonamides is 1. The molecule has 1 amide bonds. The Bertz CT molecular complexity index is 730. The van der Waals surface area contributed by atoms with E-state index < -0.39 is 16.1 Å². The van der Waals surface area contributed by atoms with Crippen LogP contribution >= 0.6 is 11.8 Å². The number of carbonyl (C=O) groups is 1. The van der Waals surface area contributed by atoms with Crippen molar-refractivity contribution >= 4 is 27.7 Å². The van der Waals surface area contributed by atoms with E-state index in [-0.39, 0.29) is 10.8 Å². The first-order valence-electron chi connectivity index (χ1n) is 7.94. The number of benzene rings is 1. The van der Waals surface area contributed by atoms with E-state index in [1.54, 1.807) is 17.0 Å². The Hall–Kier alpha value is -1.09. The van der Waals surface area contributed by atoms with Crippen LogP contribution in [0.5, 0.6) is 0 Å². The Kier molecular flexibility index (Phi) is 5.19. The average molecular weight is 370 g/mol. The van der Waals surface area contributed by atoms with Crippen molar-refractivity contribution in [1.82, 2.24) is 9.21 Å². The summed E-state index contributed by atoms with van der Waals surface area (Å²) in [6.45, 7) is 5.91. The van der Waals surface area contributed by atoms with E-state index in [9.17, 15) is 13.2 Å². The van der Waals surface area contributed by atoms with E-state index in [1.165, 1.54) is 16.1 Å². The fourth-order valence-electron chi connectivity index (χ4n) is 2.86. The zero-order chi connectivity index (χ0) is 17.3. The molecule has 0 aliphatic carbocycles. The van der Waals surface area contributed by atoms with Crippen LogP contribution in [0.3, 0.4) is 0 Å². The van der Waals surface area contributed by atoms with Crippen molar-refractivity contribution in [3.8, 4) is 0 Å². The standard InChI is InChI=1S/C16H22N2O4S2/c1-12-3-4-14(9-13(12)2)24(20,21)18-11-23-10-15(18)16(19)17-5-7-22-8-6-17/h3-4,9,15H,5-8,10-11H2,1-2H3/t15-/m1/s1. The first-order valence-corrected chi connectivity index (χ1v) is 10.5. The van der Waals surface area contributed by atoms with Gasteiger partial charge in [0, 0.05) is 18.8 Å². The van der Waals surface area contributed by atoms with Gasteiger partial charge in [0.25, 0.3) is 0 Å². The van der Waals surface area contributed by atoms with Crippen LogP contribution in [-0.4, -0.2) is 67.5 Å². The minimum absolute atomic E-state index is 0.115. The topological polar surface area (TPSA) is 66.9 Å². The number of aryl methyl sites for hydroxylation is 2. The smallest absolute Gasteiger partial charge is 0.244 e. The fourth-order valence-corrected chi connectivity index (χ4v) is 6.08. The number of hydrogen-bond donors (Lipinski definition) is 0. The maximum atomic E-state index is 13.0. The Balaban J connectivity index is 1.85. The summed E-state index contributed by atoms with van der Waals surface area (Å²) in [6, 6.07) is 4.49. The van der Waals surface area contributed by atoms with Crippen molar-refractivity contribution in [2.75, 3.05) is 37.9 Å². The van der Waals surface area contributed by atoms with Crippen LogP contribution < -0.4 is 0 Å². The van der Waals surface area contributed by atoms with Crippen molar-refractivity contribution in [1.29, 1.82) is 0 Å². The molecular formula is C16H22N2O4S2. The average Bonchev–Trinajstić information content (AvgIpc) is 3.08. The minimum Gasteiger partial charge on any atom is -0.378 e. The van der Waals surface area contributed by atoms with Gasteiger partial charge in [0.1, 0.15) is 6.04 Å². The third-order valence-electron chi connectivity index (χ3n) is 4.53. The Morgan fingerprint density at radius 2 is 1.92 bits per heavy atom. The van der Waals surface area contributed by atoms with Crippen LogP contribution in [0.25, 0.3) is 0 Å². The second-order valence-corrected chi connectivity index (χ2v) is 8.98. The van der Waals surface area contributed by atoms with Gasteiger partial charge in [-0.15, -0.1) is 11.8 Å². The van der Waals surface area contributed by atoms with E-state index in [0.717, 1.165) is 11.1 Å². The molecule has 0 spiro atoms. The zero-order valence-corrected chi connectivity index (χ0v) is 15.5. The predicted octanol–water partition coefficient (Wildman–Crippen LogP) is 1.23. The number of hydrogen-bond acceptors (Lipinski definition) is 5. The van der Waals surface area contributed by atoms with Gasteiger partial charge in [-0.3, -0.25) is 4.79 Å². The van der Waals surface area contributed by atoms with Crippen molar-refractivity contribution in [3.05, 3.63) is 29.3 Å². The van der Waals surface area contributed by atoms with Crippen LogP contribution in [0.2, 0.25) is 0 Å².